The Kier molecular flexibility index (Phi) is 5.59. The summed E-state index contributed by atoms with van der Waals surface area (Å²) in [6.45, 7) is 4.79. The fraction of sp³-hybridized carbons (Fsp3) is 0.846. The van der Waals surface area contributed by atoms with Crippen LogP contribution in [0.5, 0.6) is 0 Å². The third-order valence-electron chi connectivity index (χ3n) is 3.52. The van der Waals surface area contributed by atoms with Crippen LogP contribution in [0.25, 0.3) is 0 Å². The van der Waals surface area contributed by atoms with Crippen LogP contribution in [0, 0.1) is 0 Å². The van der Waals surface area contributed by atoms with E-state index in [0.717, 1.165) is 25.7 Å². The molecular formula is C13H23NO4. The van der Waals surface area contributed by atoms with Crippen molar-refractivity contribution in [1.82, 2.24) is 4.90 Å². The summed E-state index contributed by atoms with van der Waals surface area (Å²) in [4.78, 5) is 24.6. The number of carboxylic acids is 1. The molecule has 1 aliphatic heterocycles. The number of rotatable bonds is 7. The lowest BCUT2D eigenvalue weighted by molar-refractivity contribution is -0.157. The first-order valence-corrected chi connectivity index (χ1v) is 6.64. The van der Waals surface area contributed by atoms with Gasteiger partial charge in [0.25, 0.3) is 0 Å². The summed E-state index contributed by atoms with van der Waals surface area (Å²) in [6, 6.07) is 0. The minimum Gasteiger partial charge on any atom is -0.480 e. The number of nitrogens with zero attached hydrogens (tertiary/aromatic N) is 1. The highest BCUT2D eigenvalue weighted by atomic mass is 16.5. The number of ether oxygens (including phenoxy) is 1. The fourth-order valence-corrected chi connectivity index (χ4v) is 2.28. The topological polar surface area (TPSA) is 66.8 Å². The van der Waals surface area contributed by atoms with Gasteiger partial charge in [0.15, 0.2) is 0 Å². The van der Waals surface area contributed by atoms with Crippen LogP contribution in [0.4, 0.5) is 0 Å². The maximum atomic E-state index is 11.9. The zero-order chi connectivity index (χ0) is 13.6. The van der Waals surface area contributed by atoms with Crippen LogP contribution in [-0.2, 0) is 14.3 Å². The molecule has 0 saturated carbocycles. The average Bonchev–Trinajstić information content (AvgIpc) is 2.72. The van der Waals surface area contributed by atoms with Crippen LogP contribution in [-0.4, -0.2) is 47.2 Å². The van der Waals surface area contributed by atoms with Gasteiger partial charge in [-0.25, -0.2) is 4.79 Å². The number of unbranched alkanes of at least 4 members (excludes halogenated alkanes) is 2. The zero-order valence-electron chi connectivity index (χ0n) is 11.3. The molecule has 0 aliphatic carbocycles. The second-order valence-electron chi connectivity index (χ2n) is 4.99. The molecule has 0 aromatic carbocycles. The molecule has 0 aromatic heterocycles. The van der Waals surface area contributed by atoms with E-state index in [0.29, 0.717) is 19.6 Å². The van der Waals surface area contributed by atoms with E-state index in [1.807, 2.05) is 0 Å². The van der Waals surface area contributed by atoms with E-state index < -0.39 is 11.5 Å². The lowest BCUT2D eigenvalue weighted by Gasteiger charge is -2.31. The van der Waals surface area contributed by atoms with Crippen molar-refractivity contribution >= 4 is 11.9 Å². The van der Waals surface area contributed by atoms with E-state index >= 15 is 0 Å². The highest BCUT2D eigenvalue weighted by Gasteiger charge is 2.45. The van der Waals surface area contributed by atoms with E-state index in [4.69, 9.17) is 4.74 Å². The van der Waals surface area contributed by atoms with Crippen molar-refractivity contribution in [1.29, 1.82) is 0 Å². The molecule has 18 heavy (non-hydrogen) atoms. The van der Waals surface area contributed by atoms with Gasteiger partial charge in [0.2, 0.25) is 5.91 Å². The van der Waals surface area contributed by atoms with Crippen LogP contribution in [0.2, 0.25) is 0 Å². The first-order chi connectivity index (χ1) is 8.52. The third kappa shape index (κ3) is 3.45. The Labute approximate surface area is 108 Å². The summed E-state index contributed by atoms with van der Waals surface area (Å²) in [5.74, 6) is -1.15. The summed E-state index contributed by atoms with van der Waals surface area (Å²) in [5, 5.41) is 9.20. The molecule has 1 fully saturated rings. The number of carboxylic acid groups (broad SMARTS) is 1. The van der Waals surface area contributed by atoms with Crippen molar-refractivity contribution in [2.24, 2.45) is 0 Å². The standard InChI is InChI=1S/C13H23NO4/c1-3-4-5-9-18-10-11(15)14-8-6-7-13(14,2)12(16)17/h3-10H2,1-2H3,(H,16,17). The van der Waals surface area contributed by atoms with Crippen LogP contribution >= 0.6 is 0 Å². The van der Waals surface area contributed by atoms with Crippen molar-refractivity contribution in [3.05, 3.63) is 0 Å². The van der Waals surface area contributed by atoms with Gasteiger partial charge in [0.1, 0.15) is 12.1 Å². The van der Waals surface area contributed by atoms with Crippen molar-refractivity contribution in [2.75, 3.05) is 19.8 Å². The Balaban J connectivity index is 2.39. The Morgan fingerprint density at radius 3 is 2.72 bits per heavy atom. The molecule has 1 rings (SSSR count). The van der Waals surface area contributed by atoms with Crippen molar-refractivity contribution in [3.8, 4) is 0 Å². The van der Waals surface area contributed by atoms with Gasteiger partial charge in [-0.05, 0) is 26.2 Å². The first-order valence-electron chi connectivity index (χ1n) is 6.64. The summed E-state index contributed by atoms with van der Waals surface area (Å²) < 4.78 is 5.30. The molecule has 0 bridgehead atoms. The van der Waals surface area contributed by atoms with Crippen LogP contribution in [0.15, 0.2) is 0 Å². The lowest BCUT2D eigenvalue weighted by Crippen LogP contribution is -2.51. The molecule has 0 aromatic rings. The molecule has 1 unspecified atom stereocenters. The molecule has 0 radical (unpaired) electrons. The molecule has 0 spiro atoms. The van der Waals surface area contributed by atoms with Gasteiger partial charge in [0, 0.05) is 13.2 Å². The zero-order valence-corrected chi connectivity index (χ0v) is 11.3. The third-order valence-corrected chi connectivity index (χ3v) is 3.52. The van der Waals surface area contributed by atoms with E-state index in [1.165, 1.54) is 4.90 Å². The quantitative estimate of drug-likeness (QED) is 0.704. The smallest absolute Gasteiger partial charge is 0.329 e. The van der Waals surface area contributed by atoms with Gasteiger partial charge in [0.05, 0.1) is 0 Å². The Hall–Kier alpha value is -1.10. The van der Waals surface area contributed by atoms with Gasteiger partial charge in [-0.2, -0.15) is 0 Å². The number of likely N-dealkylation sites (tertiary alicyclic amines) is 1. The molecule has 5 nitrogen and oxygen atoms in total. The van der Waals surface area contributed by atoms with E-state index in [2.05, 4.69) is 6.92 Å². The maximum absolute atomic E-state index is 11.9. The fourth-order valence-electron chi connectivity index (χ4n) is 2.28. The highest BCUT2D eigenvalue weighted by Crippen LogP contribution is 2.29. The number of amides is 1. The Morgan fingerprint density at radius 1 is 1.39 bits per heavy atom. The normalized spacial score (nSPS) is 23.3. The van der Waals surface area contributed by atoms with Crippen molar-refractivity contribution in [3.63, 3.8) is 0 Å². The predicted octanol–water partition coefficient (Wildman–Crippen LogP) is 1.66. The van der Waals surface area contributed by atoms with Crippen molar-refractivity contribution < 1.29 is 19.4 Å². The SMILES string of the molecule is CCCCCOCC(=O)N1CCCC1(C)C(=O)O. The average molecular weight is 257 g/mol. The first kappa shape index (κ1) is 15.0. The monoisotopic (exact) mass is 257 g/mol. The summed E-state index contributed by atoms with van der Waals surface area (Å²) >= 11 is 0. The summed E-state index contributed by atoms with van der Waals surface area (Å²) in [6.07, 6.45) is 4.40. The molecule has 1 atom stereocenters. The second kappa shape index (κ2) is 6.73. The highest BCUT2D eigenvalue weighted by molar-refractivity contribution is 5.87. The van der Waals surface area contributed by atoms with Gasteiger partial charge < -0.3 is 14.7 Å². The second-order valence-corrected chi connectivity index (χ2v) is 4.99. The number of carbonyl (C=O) groups is 2. The van der Waals surface area contributed by atoms with Gasteiger partial charge in [-0.1, -0.05) is 19.8 Å². The summed E-state index contributed by atoms with van der Waals surface area (Å²) in [7, 11) is 0. The van der Waals surface area contributed by atoms with Crippen molar-refractivity contribution in [2.45, 2.75) is 51.5 Å². The molecule has 1 saturated heterocycles. The molecule has 5 heteroatoms. The summed E-state index contributed by atoms with van der Waals surface area (Å²) in [5.41, 5.74) is -1.05. The number of hydrogen-bond donors (Lipinski definition) is 1. The maximum Gasteiger partial charge on any atom is 0.329 e. The van der Waals surface area contributed by atoms with Gasteiger partial charge >= 0.3 is 5.97 Å². The lowest BCUT2D eigenvalue weighted by atomic mass is 9.99. The van der Waals surface area contributed by atoms with E-state index in [1.54, 1.807) is 6.92 Å². The molecular weight excluding hydrogens is 234 g/mol. The minimum atomic E-state index is -1.05. The molecule has 104 valence electrons. The predicted molar refractivity (Wildman–Crippen MR) is 67.3 cm³/mol. The number of hydrogen-bond acceptors (Lipinski definition) is 3. The Morgan fingerprint density at radius 2 is 2.11 bits per heavy atom. The van der Waals surface area contributed by atoms with Crippen LogP contribution < -0.4 is 0 Å². The minimum absolute atomic E-state index is 0.00736. The number of aliphatic carboxylic acids is 1. The molecule has 1 amide bonds. The van der Waals surface area contributed by atoms with E-state index in [-0.39, 0.29) is 12.5 Å². The Bertz CT molecular complexity index is 305. The number of carbonyl (C=O) groups excluding carboxylic acids is 1. The largest absolute Gasteiger partial charge is 0.480 e. The molecule has 1 aliphatic rings. The van der Waals surface area contributed by atoms with Gasteiger partial charge in [-0.3, -0.25) is 4.79 Å². The van der Waals surface area contributed by atoms with Crippen LogP contribution in [0.1, 0.15) is 46.0 Å². The van der Waals surface area contributed by atoms with Crippen LogP contribution in [0.3, 0.4) is 0 Å². The van der Waals surface area contributed by atoms with E-state index in [9.17, 15) is 14.7 Å². The molecule has 1 heterocycles. The molecule has 1 N–H and O–H groups in total. The van der Waals surface area contributed by atoms with Gasteiger partial charge in [-0.15, -0.1) is 0 Å².